The van der Waals surface area contributed by atoms with Crippen LogP contribution in [-0.2, 0) is 24.8 Å². The van der Waals surface area contributed by atoms with Crippen LogP contribution >= 0.6 is 11.6 Å². The highest BCUT2D eigenvalue weighted by molar-refractivity contribution is 7.92. The van der Waals surface area contributed by atoms with E-state index in [1.165, 1.54) is 57.5 Å². The van der Waals surface area contributed by atoms with Crippen molar-refractivity contribution in [2.24, 2.45) is 0 Å². The molecule has 0 heterocycles. The van der Waals surface area contributed by atoms with Gasteiger partial charge in [-0.25, -0.2) is 21.6 Å². The summed E-state index contributed by atoms with van der Waals surface area (Å²) in [6, 6.07) is 6.74. The predicted molar refractivity (Wildman–Crippen MR) is 132 cm³/mol. The molecule has 2 aromatic rings. The van der Waals surface area contributed by atoms with Gasteiger partial charge in [-0.3, -0.25) is 9.10 Å². The molecule has 13 heteroatoms. The predicted octanol–water partition coefficient (Wildman–Crippen LogP) is 2.84. The van der Waals surface area contributed by atoms with E-state index >= 15 is 0 Å². The van der Waals surface area contributed by atoms with Crippen LogP contribution in [0.25, 0.3) is 0 Å². The van der Waals surface area contributed by atoms with Crippen molar-refractivity contribution in [3.05, 3.63) is 41.4 Å². The average molecular weight is 534 g/mol. The molecule has 34 heavy (non-hydrogen) atoms. The quantitative estimate of drug-likeness (QED) is 0.480. The number of carbonyl (C=O) groups excluding carboxylic acids is 1. The van der Waals surface area contributed by atoms with Crippen molar-refractivity contribution >= 4 is 48.9 Å². The third-order valence-corrected chi connectivity index (χ3v) is 7.72. The molecule has 0 bridgehead atoms. The van der Waals surface area contributed by atoms with Crippen LogP contribution in [-0.4, -0.2) is 55.3 Å². The van der Waals surface area contributed by atoms with Gasteiger partial charge in [0.25, 0.3) is 0 Å². The fourth-order valence-electron chi connectivity index (χ4n) is 3.18. The highest BCUT2D eigenvalue weighted by Gasteiger charge is 2.32. The SMILES string of the molecule is COc1ccc(S(=O)(=O)NC(C)C)cc1NC(=O)[C@H](C)N(c1cc(Cl)ccc1OC)S(C)(=O)=O. The molecule has 0 spiro atoms. The van der Waals surface area contributed by atoms with E-state index in [1.807, 2.05) is 0 Å². The number of sulfonamides is 2. The lowest BCUT2D eigenvalue weighted by Gasteiger charge is -2.29. The van der Waals surface area contributed by atoms with E-state index in [-0.39, 0.29) is 38.8 Å². The number of hydrogen-bond donors (Lipinski definition) is 2. The number of hydrogen-bond acceptors (Lipinski definition) is 7. The van der Waals surface area contributed by atoms with Crippen molar-refractivity contribution in [3.63, 3.8) is 0 Å². The van der Waals surface area contributed by atoms with Crippen molar-refractivity contribution in [2.45, 2.75) is 37.8 Å². The molecular weight excluding hydrogens is 506 g/mol. The van der Waals surface area contributed by atoms with E-state index < -0.39 is 32.0 Å². The van der Waals surface area contributed by atoms with E-state index in [2.05, 4.69) is 10.0 Å². The minimum absolute atomic E-state index is 0.0532. The molecule has 0 saturated heterocycles. The summed E-state index contributed by atoms with van der Waals surface area (Å²) >= 11 is 6.06. The molecule has 2 rings (SSSR count). The Labute approximate surface area is 205 Å². The van der Waals surface area contributed by atoms with Crippen LogP contribution in [0.15, 0.2) is 41.3 Å². The van der Waals surface area contributed by atoms with E-state index in [1.54, 1.807) is 13.8 Å². The summed E-state index contributed by atoms with van der Waals surface area (Å²) in [5.74, 6) is -0.354. The Bertz CT molecular complexity index is 1270. The number of nitrogens with zero attached hydrogens (tertiary/aromatic N) is 1. The standard InChI is InChI=1S/C21H28ClN3O7S2/c1-13(2)24-34(29,30)16-8-10-19(31-4)17(12-16)23-21(26)14(3)25(33(6,27)28)18-11-15(22)7-9-20(18)32-5/h7-14,24H,1-6H3,(H,23,26)/t14-/m0/s1. The van der Waals surface area contributed by atoms with Gasteiger partial charge in [-0.2, -0.15) is 0 Å². The zero-order valence-corrected chi connectivity index (χ0v) is 22.0. The Morgan fingerprint density at radius 1 is 0.971 bits per heavy atom. The van der Waals surface area contributed by atoms with Crippen LogP contribution in [0, 0.1) is 0 Å². The molecule has 0 aliphatic rings. The van der Waals surface area contributed by atoms with Crippen LogP contribution in [0.2, 0.25) is 5.02 Å². The van der Waals surface area contributed by atoms with Crippen molar-refractivity contribution in [3.8, 4) is 11.5 Å². The number of carbonyl (C=O) groups is 1. The topological polar surface area (TPSA) is 131 Å². The molecule has 10 nitrogen and oxygen atoms in total. The molecule has 188 valence electrons. The first-order valence-corrected chi connectivity index (χ1v) is 13.8. The number of halogens is 1. The third kappa shape index (κ3) is 6.53. The van der Waals surface area contributed by atoms with Gasteiger partial charge < -0.3 is 14.8 Å². The summed E-state index contributed by atoms with van der Waals surface area (Å²) in [6.45, 7) is 4.73. The Morgan fingerprint density at radius 2 is 1.56 bits per heavy atom. The van der Waals surface area contributed by atoms with Gasteiger partial charge in [-0.05, 0) is 57.2 Å². The molecule has 0 aliphatic carbocycles. The van der Waals surface area contributed by atoms with Crippen LogP contribution in [0.3, 0.4) is 0 Å². The molecule has 2 aromatic carbocycles. The van der Waals surface area contributed by atoms with Gasteiger partial charge in [-0.15, -0.1) is 0 Å². The second kappa shape index (κ2) is 10.8. The van der Waals surface area contributed by atoms with Gasteiger partial charge >= 0.3 is 0 Å². The van der Waals surface area contributed by atoms with Gasteiger partial charge in [0.15, 0.2) is 0 Å². The Kier molecular flexibility index (Phi) is 8.81. The highest BCUT2D eigenvalue weighted by atomic mass is 35.5. The molecule has 0 unspecified atom stereocenters. The largest absolute Gasteiger partial charge is 0.495 e. The van der Waals surface area contributed by atoms with Crippen LogP contribution in [0.5, 0.6) is 11.5 Å². The zero-order valence-electron chi connectivity index (χ0n) is 19.6. The molecule has 1 atom stereocenters. The van der Waals surface area contributed by atoms with E-state index in [4.69, 9.17) is 21.1 Å². The molecule has 0 radical (unpaired) electrons. The maximum Gasteiger partial charge on any atom is 0.248 e. The van der Waals surface area contributed by atoms with Gasteiger partial charge in [-0.1, -0.05) is 11.6 Å². The number of anilines is 2. The Balaban J connectivity index is 2.49. The fraction of sp³-hybridized carbons (Fsp3) is 0.381. The zero-order chi connectivity index (χ0) is 25.8. The molecule has 0 aromatic heterocycles. The van der Waals surface area contributed by atoms with Crippen molar-refractivity contribution in [2.75, 3.05) is 30.1 Å². The van der Waals surface area contributed by atoms with E-state index in [0.29, 0.717) is 0 Å². The summed E-state index contributed by atoms with van der Waals surface area (Å²) < 4.78 is 64.3. The van der Waals surface area contributed by atoms with Gasteiger partial charge in [0.05, 0.1) is 36.7 Å². The average Bonchev–Trinajstić information content (AvgIpc) is 2.72. The summed E-state index contributed by atoms with van der Waals surface area (Å²) in [7, 11) is -5.10. The molecule has 0 aliphatic heterocycles. The maximum atomic E-state index is 13.2. The lowest BCUT2D eigenvalue weighted by molar-refractivity contribution is -0.116. The van der Waals surface area contributed by atoms with Crippen LogP contribution in [0.1, 0.15) is 20.8 Å². The minimum Gasteiger partial charge on any atom is -0.495 e. The summed E-state index contributed by atoms with van der Waals surface area (Å²) in [5.41, 5.74) is 0.127. The van der Waals surface area contributed by atoms with E-state index in [9.17, 15) is 21.6 Å². The lowest BCUT2D eigenvalue weighted by atomic mass is 10.2. The first-order valence-electron chi connectivity index (χ1n) is 10.1. The van der Waals surface area contributed by atoms with Crippen LogP contribution in [0.4, 0.5) is 11.4 Å². The number of ether oxygens (including phenoxy) is 2. The minimum atomic E-state index is -3.97. The maximum absolute atomic E-state index is 13.2. The third-order valence-electron chi connectivity index (χ3n) is 4.60. The molecular formula is C21H28ClN3O7S2. The van der Waals surface area contributed by atoms with Gasteiger partial charge in [0.2, 0.25) is 26.0 Å². The number of amides is 1. The summed E-state index contributed by atoms with van der Waals surface area (Å²) in [5, 5.41) is 2.81. The van der Waals surface area contributed by atoms with Crippen molar-refractivity contribution in [1.29, 1.82) is 0 Å². The van der Waals surface area contributed by atoms with Gasteiger partial charge in [0, 0.05) is 11.1 Å². The van der Waals surface area contributed by atoms with Crippen molar-refractivity contribution in [1.82, 2.24) is 4.72 Å². The number of methoxy groups -OCH3 is 2. The monoisotopic (exact) mass is 533 g/mol. The summed E-state index contributed by atoms with van der Waals surface area (Å²) in [4.78, 5) is 13.1. The molecule has 1 amide bonds. The first kappa shape index (κ1) is 27.7. The van der Waals surface area contributed by atoms with E-state index in [0.717, 1.165) is 10.6 Å². The smallest absolute Gasteiger partial charge is 0.248 e. The van der Waals surface area contributed by atoms with Crippen molar-refractivity contribution < 1.29 is 31.1 Å². The number of benzene rings is 2. The fourth-order valence-corrected chi connectivity index (χ4v) is 5.80. The Hall–Kier alpha value is -2.54. The number of nitrogens with one attached hydrogen (secondary N) is 2. The number of rotatable bonds is 10. The lowest BCUT2D eigenvalue weighted by Crippen LogP contribution is -2.45. The normalized spacial score (nSPS) is 12.8. The second-order valence-corrected chi connectivity index (χ2v) is 11.7. The molecule has 2 N–H and O–H groups in total. The van der Waals surface area contributed by atoms with Crippen LogP contribution < -0.4 is 23.8 Å². The Morgan fingerprint density at radius 3 is 2.09 bits per heavy atom. The first-order chi connectivity index (χ1) is 15.7. The highest BCUT2D eigenvalue weighted by Crippen LogP contribution is 2.35. The second-order valence-electron chi connectivity index (χ2n) is 7.68. The molecule has 0 saturated carbocycles. The summed E-state index contributed by atoms with van der Waals surface area (Å²) in [6.07, 6.45) is 0.947. The molecule has 0 fully saturated rings. The van der Waals surface area contributed by atoms with Gasteiger partial charge in [0.1, 0.15) is 17.5 Å².